The molecule has 0 saturated heterocycles. The van der Waals surface area contributed by atoms with E-state index in [1.807, 2.05) is 0 Å². The van der Waals surface area contributed by atoms with Gasteiger partial charge in [0.1, 0.15) is 13.2 Å². The maximum Gasteiger partial charge on any atom is 0.306 e. The largest absolute Gasteiger partial charge is 0.462 e. The quantitative estimate of drug-likeness (QED) is 0.0261. The van der Waals surface area contributed by atoms with Gasteiger partial charge in [-0.2, -0.15) is 0 Å². The second-order valence-corrected chi connectivity index (χ2v) is 22.3. The van der Waals surface area contributed by atoms with Gasteiger partial charge in [0.15, 0.2) is 6.10 Å². The van der Waals surface area contributed by atoms with Gasteiger partial charge in [0.2, 0.25) is 0 Å². The predicted molar refractivity (Wildman–Crippen MR) is 344 cm³/mol. The van der Waals surface area contributed by atoms with E-state index in [0.717, 1.165) is 116 Å². The Kier molecular flexibility index (Phi) is 63.7. The summed E-state index contributed by atoms with van der Waals surface area (Å²) in [5, 5.41) is 0. The lowest BCUT2D eigenvalue weighted by Crippen LogP contribution is -2.30. The molecule has 0 fully saturated rings. The zero-order chi connectivity index (χ0) is 57.1. The van der Waals surface area contributed by atoms with E-state index in [4.69, 9.17) is 14.2 Å². The number of carbonyl (C=O) groups excluding carboxylic acids is 3. The molecule has 0 amide bonds. The van der Waals surface area contributed by atoms with E-state index in [0.29, 0.717) is 19.3 Å². The molecule has 0 bridgehead atoms. The van der Waals surface area contributed by atoms with E-state index in [-0.39, 0.29) is 31.1 Å². The van der Waals surface area contributed by atoms with Crippen molar-refractivity contribution < 1.29 is 28.6 Å². The molecule has 0 spiro atoms. The molecule has 0 saturated carbocycles. The standard InChI is InChI=1S/C73H126O6/c1-4-7-10-13-16-19-22-25-27-29-30-31-32-33-34-35-36-37-38-39-40-41-42-44-45-48-51-54-57-60-63-66-72(75)78-69-70(68-77-71(74)65-62-59-56-53-50-47-24-21-18-15-12-9-6-3)79-73(76)67-64-61-58-55-52-49-46-43-28-26-23-20-17-14-11-8-5-2/h7,10,12,15-16,19,21,24-28,30-31,33-34,70H,4-6,8-9,11,13-14,17-18,20,22-23,29,32,35-69H2,1-3H3/b10-7-,15-12-,19-16-,24-21-,27-25-,28-26-,31-30-,34-33-. The number of hydrogen-bond donors (Lipinski definition) is 0. The molecule has 0 aliphatic rings. The van der Waals surface area contributed by atoms with Crippen LogP contribution in [0.15, 0.2) is 97.2 Å². The normalized spacial score (nSPS) is 12.7. The van der Waals surface area contributed by atoms with Gasteiger partial charge >= 0.3 is 17.9 Å². The number of carbonyl (C=O) groups is 3. The van der Waals surface area contributed by atoms with Gasteiger partial charge in [-0.1, -0.05) is 291 Å². The third-order valence-corrected chi connectivity index (χ3v) is 14.5. The Labute approximate surface area is 489 Å². The Hall–Kier alpha value is -3.67. The predicted octanol–water partition coefficient (Wildman–Crippen LogP) is 23.2. The van der Waals surface area contributed by atoms with Crippen LogP contribution in [0.2, 0.25) is 0 Å². The summed E-state index contributed by atoms with van der Waals surface area (Å²) in [4.78, 5) is 38.3. The fourth-order valence-corrected chi connectivity index (χ4v) is 9.50. The maximum atomic E-state index is 12.9. The summed E-state index contributed by atoms with van der Waals surface area (Å²) in [6.07, 6.45) is 90.0. The van der Waals surface area contributed by atoms with Crippen LogP contribution in [-0.4, -0.2) is 37.2 Å². The zero-order valence-corrected chi connectivity index (χ0v) is 52.1. The Morgan fingerprint density at radius 1 is 0.266 bits per heavy atom. The minimum atomic E-state index is -0.786. The lowest BCUT2D eigenvalue weighted by Gasteiger charge is -2.18. The van der Waals surface area contributed by atoms with Gasteiger partial charge < -0.3 is 14.2 Å². The second kappa shape index (κ2) is 66.8. The van der Waals surface area contributed by atoms with Crippen LogP contribution in [0.25, 0.3) is 0 Å². The van der Waals surface area contributed by atoms with Crippen LogP contribution in [0.5, 0.6) is 0 Å². The molecule has 0 N–H and O–H groups in total. The first-order valence-electron chi connectivity index (χ1n) is 33.7. The first-order chi connectivity index (χ1) is 39.0. The van der Waals surface area contributed by atoms with Gasteiger partial charge in [0.25, 0.3) is 0 Å². The van der Waals surface area contributed by atoms with Crippen LogP contribution in [0.3, 0.4) is 0 Å². The zero-order valence-electron chi connectivity index (χ0n) is 52.1. The molecule has 454 valence electrons. The molecular formula is C73H126O6. The van der Waals surface area contributed by atoms with Crippen LogP contribution in [0.1, 0.15) is 329 Å². The summed E-state index contributed by atoms with van der Waals surface area (Å²) < 4.78 is 16.9. The molecule has 79 heavy (non-hydrogen) atoms. The fourth-order valence-electron chi connectivity index (χ4n) is 9.50. The smallest absolute Gasteiger partial charge is 0.306 e. The monoisotopic (exact) mass is 1100 g/mol. The average Bonchev–Trinajstić information content (AvgIpc) is 3.45. The molecule has 0 radical (unpaired) electrons. The summed E-state index contributed by atoms with van der Waals surface area (Å²) in [6.45, 7) is 6.47. The summed E-state index contributed by atoms with van der Waals surface area (Å²) in [6, 6.07) is 0. The van der Waals surface area contributed by atoms with E-state index < -0.39 is 6.10 Å². The minimum Gasteiger partial charge on any atom is -0.462 e. The molecule has 0 aromatic heterocycles. The van der Waals surface area contributed by atoms with Crippen molar-refractivity contribution >= 4 is 17.9 Å². The highest BCUT2D eigenvalue weighted by Gasteiger charge is 2.19. The molecule has 6 heteroatoms. The lowest BCUT2D eigenvalue weighted by atomic mass is 10.0. The van der Waals surface area contributed by atoms with Crippen LogP contribution >= 0.6 is 0 Å². The third-order valence-electron chi connectivity index (χ3n) is 14.5. The van der Waals surface area contributed by atoms with E-state index in [2.05, 4.69) is 118 Å². The Morgan fingerprint density at radius 2 is 0.519 bits per heavy atom. The van der Waals surface area contributed by atoms with Crippen molar-refractivity contribution in [2.45, 2.75) is 335 Å². The summed E-state index contributed by atoms with van der Waals surface area (Å²) in [5.41, 5.74) is 0. The van der Waals surface area contributed by atoms with E-state index in [1.165, 1.54) is 173 Å². The Balaban J connectivity index is 4.22. The molecule has 1 unspecified atom stereocenters. The van der Waals surface area contributed by atoms with Crippen molar-refractivity contribution in [2.75, 3.05) is 13.2 Å². The maximum absolute atomic E-state index is 12.9. The highest BCUT2D eigenvalue weighted by Crippen LogP contribution is 2.17. The number of esters is 3. The number of rotatable bonds is 61. The van der Waals surface area contributed by atoms with Gasteiger partial charge in [-0.15, -0.1) is 0 Å². The molecule has 0 rings (SSSR count). The van der Waals surface area contributed by atoms with Gasteiger partial charge in [-0.25, -0.2) is 0 Å². The van der Waals surface area contributed by atoms with Crippen molar-refractivity contribution in [2.24, 2.45) is 0 Å². The molecule has 0 heterocycles. The average molecular weight is 1100 g/mol. The SMILES string of the molecule is CC/C=C\C/C=C\C/C=C\C/C=C\C/C=C\CCCCCCCCCCCCCCCCCC(=O)OCC(COC(=O)CCCCCCC/C=C\C/C=C\CCC)OC(=O)CCCCCCCCC/C=C\CCCCCCCC. The van der Waals surface area contributed by atoms with Crippen molar-refractivity contribution in [1.29, 1.82) is 0 Å². The van der Waals surface area contributed by atoms with Gasteiger partial charge in [-0.05, 0) is 116 Å². The van der Waals surface area contributed by atoms with Gasteiger partial charge in [0, 0.05) is 19.3 Å². The van der Waals surface area contributed by atoms with Crippen LogP contribution in [0.4, 0.5) is 0 Å². The first kappa shape index (κ1) is 75.3. The molecular weight excluding hydrogens is 973 g/mol. The number of ether oxygens (including phenoxy) is 3. The molecule has 6 nitrogen and oxygen atoms in total. The highest BCUT2D eigenvalue weighted by atomic mass is 16.6. The van der Waals surface area contributed by atoms with Crippen molar-refractivity contribution in [3.05, 3.63) is 97.2 Å². The number of allylic oxidation sites excluding steroid dienone is 16. The molecule has 0 aromatic rings. The van der Waals surface area contributed by atoms with Crippen molar-refractivity contribution in [1.82, 2.24) is 0 Å². The molecule has 0 aliphatic carbocycles. The van der Waals surface area contributed by atoms with Gasteiger partial charge in [0.05, 0.1) is 0 Å². The number of unbranched alkanes of at least 4 members (excludes halogenated alkanes) is 34. The van der Waals surface area contributed by atoms with E-state index in [9.17, 15) is 14.4 Å². The molecule has 0 aliphatic heterocycles. The summed E-state index contributed by atoms with van der Waals surface area (Å²) >= 11 is 0. The second-order valence-electron chi connectivity index (χ2n) is 22.3. The fraction of sp³-hybridized carbons (Fsp3) is 0.740. The van der Waals surface area contributed by atoms with Crippen LogP contribution < -0.4 is 0 Å². The Bertz CT molecular complexity index is 1540. The minimum absolute atomic E-state index is 0.0814. The van der Waals surface area contributed by atoms with Gasteiger partial charge in [-0.3, -0.25) is 14.4 Å². The Morgan fingerprint density at radius 3 is 0.835 bits per heavy atom. The van der Waals surface area contributed by atoms with E-state index in [1.54, 1.807) is 0 Å². The van der Waals surface area contributed by atoms with Crippen molar-refractivity contribution in [3.8, 4) is 0 Å². The summed E-state index contributed by atoms with van der Waals surface area (Å²) in [7, 11) is 0. The van der Waals surface area contributed by atoms with Crippen LogP contribution in [-0.2, 0) is 28.6 Å². The topological polar surface area (TPSA) is 78.9 Å². The lowest BCUT2D eigenvalue weighted by molar-refractivity contribution is -0.167. The number of hydrogen-bond acceptors (Lipinski definition) is 6. The van der Waals surface area contributed by atoms with Crippen LogP contribution in [0, 0.1) is 0 Å². The molecule has 0 aromatic carbocycles. The first-order valence-corrected chi connectivity index (χ1v) is 33.7. The highest BCUT2D eigenvalue weighted by molar-refractivity contribution is 5.71. The van der Waals surface area contributed by atoms with E-state index >= 15 is 0 Å². The summed E-state index contributed by atoms with van der Waals surface area (Å²) in [5.74, 6) is -0.888. The molecule has 1 atom stereocenters. The van der Waals surface area contributed by atoms with Crippen molar-refractivity contribution in [3.63, 3.8) is 0 Å². The third kappa shape index (κ3) is 65.0.